The number of hydrogen-bond donors (Lipinski definition) is 2. The fraction of sp³-hybridized carbons (Fsp3) is 0.167. The lowest BCUT2D eigenvalue weighted by Gasteiger charge is -2.17. The average Bonchev–Trinajstić information content (AvgIpc) is 2.50. The number of carbonyl (C=O) groups is 1. The van der Waals surface area contributed by atoms with Crippen molar-refractivity contribution in [1.29, 1.82) is 0 Å². The van der Waals surface area contributed by atoms with E-state index in [9.17, 15) is 4.79 Å². The number of rotatable bonds is 4. The van der Waals surface area contributed by atoms with E-state index < -0.39 is 0 Å². The van der Waals surface area contributed by atoms with E-state index in [1.54, 1.807) is 0 Å². The molecule has 0 unspecified atom stereocenters. The maximum Gasteiger partial charge on any atom is 0.191 e. The van der Waals surface area contributed by atoms with Gasteiger partial charge in [0.25, 0.3) is 0 Å². The van der Waals surface area contributed by atoms with Crippen LogP contribution in [0.25, 0.3) is 16.8 Å². The Hall–Kier alpha value is -2.55. The van der Waals surface area contributed by atoms with Crippen molar-refractivity contribution >= 4 is 22.6 Å². The zero-order valence-corrected chi connectivity index (χ0v) is 12.0. The molecule has 1 aliphatic carbocycles. The van der Waals surface area contributed by atoms with Gasteiger partial charge in [-0.3, -0.25) is 4.79 Å². The lowest BCUT2D eigenvalue weighted by atomic mass is 9.88. The number of hydrogen-bond acceptors (Lipinski definition) is 3. The zero-order valence-electron chi connectivity index (χ0n) is 12.0. The second-order valence-corrected chi connectivity index (χ2v) is 5.17. The fourth-order valence-electron chi connectivity index (χ4n) is 2.73. The molecule has 0 fully saturated rings. The van der Waals surface area contributed by atoms with Gasteiger partial charge in [-0.05, 0) is 29.5 Å². The maximum atomic E-state index is 12.6. The normalized spacial score (nSPS) is 14.2. The molecule has 3 heteroatoms. The maximum absolute atomic E-state index is 12.6. The summed E-state index contributed by atoms with van der Waals surface area (Å²) in [6.07, 6.45) is 4.74. The molecule has 0 amide bonds. The molecular weight excluding hydrogens is 260 g/mol. The third-order valence-electron chi connectivity index (χ3n) is 3.71. The molecule has 21 heavy (non-hydrogen) atoms. The Bertz CT molecular complexity index is 767. The Labute approximate surface area is 124 Å². The van der Waals surface area contributed by atoms with Gasteiger partial charge in [0.05, 0.1) is 5.82 Å². The first-order valence-electron chi connectivity index (χ1n) is 7.17. The number of carbonyl (C=O) groups excluding carboxylic acids is 1. The summed E-state index contributed by atoms with van der Waals surface area (Å²) in [4.78, 5) is 12.6. The van der Waals surface area contributed by atoms with Crippen molar-refractivity contribution in [3.8, 4) is 0 Å². The highest BCUT2D eigenvalue weighted by molar-refractivity contribution is 6.22. The minimum atomic E-state index is 0.0797. The summed E-state index contributed by atoms with van der Waals surface area (Å²) in [7, 11) is 0. The van der Waals surface area contributed by atoms with E-state index in [-0.39, 0.29) is 5.78 Å². The monoisotopic (exact) mass is 278 g/mol. The van der Waals surface area contributed by atoms with Gasteiger partial charge in [-0.1, -0.05) is 43.3 Å². The molecular formula is C18H18N2O. The highest BCUT2D eigenvalue weighted by Crippen LogP contribution is 2.30. The van der Waals surface area contributed by atoms with Crippen molar-refractivity contribution in [3.63, 3.8) is 0 Å². The molecule has 106 valence electrons. The molecule has 0 heterocycles. The summed E-state index contributed by atoms with van der Waals surface area (Å²) in [5.41, 5.74) is 8.45. The second kappa shape index (κ2) is 5.44. The molecule has 2 aromatic carbocycles. The summed E-state index contributed by atoms with van der Waals surface area (Å²) in [6.45, 7) is 2.47. The Morgan fingerprint density at radius 3 is 2.76 bits per heavy atom. The minimum absolute atomic E-state index is 0.0797. The van der Waals surface area contributed by atoms with Crippen molar-refractivity contribution in [3.05, 3.63) is 65.0 Å². The number of nitrogens with two attached hydrogens (primary N) is 1. The topological polar surface area (TPSA) is 55.1 Å². The highest BCUT2D eigenvalue weighted by Gasteiger charge is 2.21. The van der Waals surface area contributed by atoms with Gasteiger partial charge >= 0.3 is 0 Å². The van der Waals surface area contributed by atoms with Crippen LogP contribution in [0.4, 0.5) is 0 Å². The van der Waals surface area contributed by atoms with E-state index in [0.29, 0.717) is 12.4 Å². The van der Waals surface area contributed by atoms with Gasteiger partial charge in [-0.2, -0.15) is 0 Å². The second-order valence-electron chi connectivity index (χ2n) is 5.17. The average molecular weight is 278 g/mol. The van der Waals surface area contributed by atoms with Crippen LogP contribution >= 0.6 is 0 Å². The number of ketones is 1. The van der Waals surface area contributed by atoms with Crippen molar-refractivity contribution in [2.45, 2.75) is 13.3 Å². The standard InChI is InChI=1S/C18H18N2O/c1-2-5-16(19)20-11-14-10-13-8-3-6-12-7-4-9-15(17(12)13)18(14)21/h3-10,20H,2,11,19H2,1H3/b16-5+. The summed E-state index contributed by atoms with van der Waals surface area (Å²) < 4.78 is 0. The summed E-state index contributed by atoms with van der Waals surface area (Å²) >= 11 is 0. The molecule has 0 saturated carbocycles. The first-order valence-corrected chi connectivity index (χ1v) is 7.17. The van der Waals surface area contributed by atoms with Gasteiger partial charge in [0.1, 0.15) is 0 Å². The lowest BCUT2D eigenvalue weighted by Crippen LogP contribution is -2.26. The van der Waals surface area contributed by atoms with E-state index in [0.717, 1.165) is 33.9 Å². The van der Waals surface area contributed by atoms with Crippen LogP contribution in [-0.4, -0.2) is 12.3 Å². The molecule has 0 radical (unpaired) electrons. The lowest BCUT2D eigenvalue weighted by molar-refractivity contribution is 0.103. The molecule has 0 bridgehead atoms. The predicted octanol–water partition coefficient (Wildman–Crippen LogP) is 3.22. The van der Waals surface area contributed by atoms with Gasteiger partial charge in [0.15, 0.2) is 5.78 Å². The van der Waals surface area contributed by atoms with Crippen molar-refractivity contribution in [1.82, 2.24) is 5.32 Å². The Morgan fingerprint density at radius 1 is 1.24 bits per heavy atom. The van der Waals surface area contributed by atoms with Gasteiger partial charge in [0, 0.05) is 23.1 Å². The SMILES string of the molecule is CC/C=C(\N)NCC1=Cc2cccc3cccc(c23)C1=O. The first-order chi connectivity index (χ1) is 10.2. The summed E-state index contributed by atoms with van der Waals surface area (Å²) in [5.74, 6) is 0.694. The first kappa shape index (κ1) is 13.4. The predicted molar refractivity (Wildman–Crippen MR) is 86.8 cm³/mol. The van der Waals surface area contributed by atoms with Crippen LogP contribution < -0.4 is 11.1 Å². The molecule has 0 spiro atoms. The minimum Gasteiger partial charge on any atom is -0.386 e. The Kier molecular flexibility index (Phi) is 3.48. The molecule has 1 aliphatic rings. The van der Waals surface area contributed by atoms with E-state index in [1.807, 2.05) is 55.5 Å². The van der Waals surface area contributed by atoms with Crippen LogP contribution in [0.1, 0.15) is 29.3 Å². The molecule has 0 atom stereocenters. The summed E-state index contributed by atoms with van der Waals surface area (Å²) in [6, 6.07) is 12.0. The van der Waals surface area contributed by atoms with Crippen molar-refractivity contribution in [2.75, 3.05) is 6.54 Å². The number of Topliss-reactive ketones (excluding diaryl/α,β-unsaturated/α-hetero) is 1. The van der Waals surface area contributed by atoms with Gasteiger partial charge in [-0.25, -0.2) is 0 Å². The number of allylic oxidation sites excluding steroid dienone is 1. The van der Waals surface area contributed by atoms with Gasteiger partial charge in [0.2, 0.25) is 0 Å². The fourth-order valence-corrected chi connectivity index (χ4v) is 2.73. The van der Waals surface area contributed by atoms with E-state index >= 15 is 0 Å². The molecule has 0 aromatic heterocycles. The van der Waals surface area contributed by atoms with Crippen molar-refractivity contribution < 1.29 is 4.79 Å². The zero-order chi connectivity index (χ0) is 14.8. The van der Waals surface area contributed by atoms with Crippen LogP contribution in [0, 0.1) is 0 Å². The molecule has 3 N–H and O–H groups in total. The van der Waals surface area contributed by atoms with Gasteiger partial charge < -0.3 is 11.1 Å². The van der Waals surface area contributed by atoms with Crippen LogP contribution in [0.3, 0.4) is 0 Å². The largest absolute Gasteiger partial charge is 0.386 e. The third kappa shape index (κ3) is 2.42. The van der Waals surface area contributed by atoms with E-state index in [4.69, 9.17) is 5.73 Å². The van der Waals surface area contributed by atoms with Crippen LogP contribution in [0.5, 0.6) is 0 Å². The Morgan fingerprint density at radius 2 is 2.00 bits per heavy atom. The molecule has 3 rings (SSSR count). The van der Waals surface area contributed by atoms with Crippen LogP contribution in [-0.2, 0) is 0 Å². The number of benzene rings is 2. The molecule has 2 aromatic rings. The molecule has 0 saturated heterocycles. The van der Waals surface area contributed by atoms with E-state index in [2.05, 4.69) is 5.32 Å². The quantitative estimate of drug-likeness (QED) is 0.903. The highest BCUT2D eigenvalue weighted by atomic mass is 16.1. The van der Waals surface area contributed by atoms with Crippen LogP contribution in [0.2, 0.25) is 0 Å². The molecule has 3 nitrogen and oxygen atoms in total. The Balaban J connectivity index is 1.98. The molecule has 0 aliphatic heterocycles. The van der Waals surface area contributed by atoms with E-state index in [1.165, 1.54) is 0 Å². The summed E-state index contributed by atoms with van der Waals surface area (Å²) in [5, 5.41) is 5.25. The smallest absolute Gasteiger partial charge is 0.191 e. The van der Waals surface area contributed by atoms with Crippen LogP contribution in [0.15, 0.2) is 53.9 Å². The van der Waals surface area contributed by atoms with Crippen molar-refractivity contribution in [2.24, 2.45) is 5.73 Å². The third-order valence-corrected chi connectivity index (χ3v) is 3.71. The number of nitrogens with one attached hydrogen (secondary N) is 1. The van der Waals surface area contributed by atoms with Gasteiger partial charge in [-0.15, -0.1) is 0 Å².